The van der Waals surface area contributed by atoms with Crippen LogP contribution in [0.5, 0.6) is 0 Å². The van der Waals surface area contributed by atoms with E-state index in [9.17, 15) is 4.79 Å². The zero-order chi connectivity index (χ0) is 9.97. The lowest BCUT2D eigenvalue weighted by Crippen LogP contribution is -2.43. The molecular formula is C12H22ClNO. The predicted molar refractivity (Wildman–Crippen MR) is 64.3 cm³/mol. The molecule has 0 aliphatic heterocycles. The van der Waals surface area contributed by atoms with Gasteiger partial charge in [-0.25, -0.2) is 0 Å². The van der Waals surface area contributed by atoms with Crippen LogP contribution >= 0.6 is 12.4 Å². The molecule has 0 aromatic rings. The van der Waals surface area contributed by atoms with Crippen molar-refractivity contribution in [1.29, 1.82) is 0 Å². The Labute approximate surface area is 98.8 Å². The van der Waals surface area contributed by atoms with Gasteiger partial charge in [-0.3, -0.25) is 4.79 Å². The van der Waals surface area contributed by atoms with E-state index in [0.717, 1.165) is 0 Å². The Bertz CT molecular complexity index is 192. The van der Waals surface area contributed by atoms with Gasteiger partial charge in [-0.05, 0) is 25.7 Å². The van der Waals surface area contributed by atoms with Gasteiger partial charge >= 0.3 is 0 Å². The smallest absolute Gasteiger partial charge is 0.219 e. The van der Waals surface area contributed by atoms with Crippen LogP contribution in [0, 0.1) is 0 Å². The third-order valence-electron chi connectivity index (χ3n) is 3.80. The van der Waals surface area contributed by atoms with Crippen LogP contribution < -0.4 is 0 Å². The highest BCUT2D eigenvalue weighted by atomic mass is 35.5. The lowest BCUT2D eigenvalue weighted by Gasteiger charge is -2.33. The molecule has 0 atom stereocenters. The maximum absolute atomic E-state index is 11.6. The second kappa shape index (κ2) is 5.74. The number of halogens is 1. The molecule has 0 spiro atoms. The maximum Gasteiger partial charge on any atom is 0.219 e. The highest BCUT2D eigenvalue weighted by Crippen LogP contribution is 2.31. The van der Waals surface area contributed by atoms with Crippen molar-refractivity contribution in [1.82, 2.24) is 4.90 Å². The molecule has 0 unspecified atom stereocenters. The minimum atomic E-state index is 0. The van der Waals surface area contributed by atoms with Crippen molar-refractivity contribution in [2.75, 3.05) is 0 Å². The van der Waals surface area contributed by atoms with Crippen molar-refractivity contribution in [3.63, 3.8) is 0 Å². The van der Waals surface area contributed by atoms with Crippen LogP contribution in [-0.4, -0.2) is 22.9 Å². The third kappa shape index (κ3) is 2.87. The highest BCUT2D eigenvalue weighted by Gasteiger charge is 2.31. The van der Waals surface area contributed by atoms with Crippen LogP contribution in [0.15, 0.2) is 0 Å². The summed E-state index contributed by atoms with van der Waals surface area (Å²) in [5.41, 5.74) is 0. The van der Waals surface area contributed by atoms with Gasteiger partial charge in [-0.15, -0.1) is 12.4 Å². The van der Waals surface area contributed by atoms with Crippen molar-refractivity contribution in [3.8, 4) is 0 Å². The molecule has 0 saturated heterocycles. The summed E-state index contributed by atoms with van der Waals surface area (Å²) in [5.74, 6) is 0.309. The summed E-state index contributed by atoms with van der Waals surface area (Å²) >= 11 is 0. The van der Waals surface area contributed by atoms with Crippen LogP contribution in [0.25, 0.3) is 0 Å². The Morgan fingerprint density at radius 2 is 1.27 bits per heavy atom. The molecule has 0 aromatic carbocycles. The first-order chi connectivity index (χ1) is 6.79. The predicted octanol–water partition coefficient (Wildman–Crippen LogP) is 3.14. The van der Waals surface area contributed by atoms with Crippen molar-refractivity contribution in [2.45, 2.75) is 70.4 Å². The molecule has 0 radical (unpaired) electrons. The molecule has 0 N–H and O–H groups in total. The van der Waals surface area contributed by atoms with Gasteiger partial charge in [-0.2, -0.15) is 0 Å². The number of amides is 1. The van der Waals surface area contributed by atoms with E-state index in [-0.39, 0.29) is 12.4 Å². The Hall–Kier alpha value is -0.240. The molecule has 15 heavy (non-hydrogen) atoms. The Kier molecular flexibility index (Phi) is 4.91. The van der Waals surface area contributed by atoms with Gasteiger partial charge < -0.3 is 4.90 Å². The number of rotatable bonds is 2. The summed E-state index contributed by atoms with van der Waals surface area (Å²) in [6.07, 6.45) is 10.3. The van der Waals surface area contributed by atoms with E-state index in [1.165, 1.54) is 51.4 Å². The summed E-state index contributed by atoms with van der Waals surface area (Å²) in [5, 5.41) is 0. The molecule has 2 rings (SSSR count). The zero-order valence-electron chi connectivity index (χ0n) is 9.58. The molecule has 1 amide bonds. The van der Waals surface area contributed by atoms with Gasteiger partial charge in [0.05, 0.1) is 0 Å². The third-order valence-corrected chi connectivity index (χ3v) is 3.80. The summed E-state index contributed by atoms with van der Waals surface area (Å²) < 4.78 is 0. The first kappa shape index (κ1) is 12.8. The molecule has 2 aliphatic rings. The van der Waals surface area contributed by atoms with Crippen molar-refractivity contribution >= 4 is 18.3 Å². The van der Waals surface area contributed by atoms with Gasteiger partial charge in [0, 0.05) is 19.0 Å². The molecule has 3 heteroatoms. The van der Waals surface area contributed by atoms with Gasteiger partial charge in [0.1, 0.15) is 0 Å². The molecule has 88 valence electrons. The van der Waals surface area contributed by atoms with Crippen molar-refractivity contribution in [2.24, 2.45) is 0 Å². The molecule has 2 saturated carbocycles. The summed E-state index contributed by atoms with van der Waals surface area (Å²) in [4.78, 5) is 13.9. The van der Waals surface area contributed by atoms with Gasteiger partial charge in [0.2, 0.25) is 5.91 Å². The number of hydrogen-bond acceptors (Lipinski definition) is 1. The van der Waals surface area contributed by atoms with Crippen LogP contribution in [0.4, 0.5) is 0 Å². The number of carbonyl (C=O) groups excluding carboxylic acids is 1. The molecule has 2 aliphatic carbocycles. The van der Waals surface area contributed by atoms with E-state index in [4.69, 9.17) is 0 Å². The average molecular weight is 232 g/mol. The second-order valence-electron chi connectivity index (χ2n) is 4.80. The van der Waals surface area contributed by atoms with E-state index in [0.29, 0.717) is 18.0 Å². The number of carbonyl (C=O) groups is 1. The van der Waals surface area contributed by atoms with E-state index >= 15 is 0 Å². The molecule has 0 heterocycles. The fourth-order valence-corrected chi connectivity index (χ4v) is 3.18. The molecule has 2 fully saturated rings. The lowest BCUT2D eigenvalue weighted by atomic mass is 10.1. The van der Waals surface area contributed by atoms with Crippen LogP contribution in [0.2, 0.25) is 0 Å². The van der Waals surface area contributed by atoms with Crippen LogP contribution in [0.3, 0.4) is 0 Å². The Balaban J connectivity index is 0.00000112. The summed E-state index contributed by atoms with van der Waals surface area (Å²) in [6.45, 7) is 1.75. The van der Waals surface area contributed by atoms with E-state index in [2.05, 4.69) is 4.90 Å². The summed E-state index contributed by atoms with van der Waals surface area (Å²) in [7, 11) is 0. The molecule has 0 aromatic heterocycles. The molecular weight excluding hydrogens is 210 g/mol. The normalized spacial score (nSPS) is 22.7. The number of hydrogen-bond donors (Lipinski definition) is 0. The topological polar surface area (TPSA) is 20.3 Å². The fourth-order valence-electron chi connectivity index (χ4n) is 3.18. The first-order valence-electron chi connectivity index (χ1n) is 6.08. The van der Waals surface area contributed by atoms with E-state index in [1.54, 1.807) is 6.92 Å². The van der Waals surface area contributed by atoms with Crippen molar-refractivity contribution in [3.05, 3.63) is 0 Å². The SMILES string of the molecule is CC(=O)N(C1CCCC1)C1CCCC1.Cl. The number of nitrogens with zero attached hydrogens (tertiary/aromatic N) is 1. The highest BCUT2D eigenvalue weighted by molar-refractivity contribution is 5.85. The second-order valence-corrected chi connectivity index (χ2v) is 4.80. The minimum absolute atomic E-state index is 0. The largest absolute Gasteiger partial charge is 0.337 e. The molecule has 2 nitrogen and oxygen atoms in total. The Morgan fingerprint density at radius 1 is 0.933 bits per heavy atom. The average Bonchev–Trinajstić information content (AvgIpc) is 2.75. The maximum atomic E-state index is 11.6. The zero-order valence-corrected chi connectivity index (χ0v) is 10.4. The van der Waals surface area contributed by atoms with Gasteiger partial charge in [0.25, 0.3) is 0 Å². The quantitative estimate of drug-likeness (QED) is 0.715. The fraction of sp³-hybridized carbons (Fsp3) is 0.917. The van der Waals surface area contributed by atoms with Crippen LogP contribution in [0.1, 0.15) is 58.3 Å². The standard InChI is InChI=1S/C12H21NO.ClH/c1-10(14)13(11-6-2-3-7-11)12-8-4-5-9-12;/h11-12H,2-9H2,1H3;1H. The van der Waals surface area contributed by atoms with Gasteiger partial charge in [-0.1, -0.05) is 25.7 Å². The monoisotopic (exact) mass is 231 g/mol. The van der Waals surface area contributed by atoms with E-state index < -0.39 is 0 Å². The van der Waals surface area contributed by atoms with Crippen LogP contribution in [-0.2, 0) is 4.79 Å². The minimum Gasteiger partial charge on any atom is -0.337 e. The summed E-state index contributed by atoms with van der Waals surface area (Å²) in [6, 6.07) is 1.16. The van der Waals surface area contributed by atoms with E-state index in [1.807, 2.05) is 0 Å². The Morgan fingerprint density at radius 3 is 1.53 bits per heavy atom. The lowest BCUT2D eigenvalue weighted by molar-refractivity contribution is -0.133. The van der Waals surface area contributed by atoms with Gasteiger partial charge in [0.15, 0.2) is 0 Å². The van der Waals surface area contributed by atoms with Crippen molar-refractivity contribution < 1.29 is 4.79 Å². The first-order valence-corrected chi connectivity index (χ1v) is 6.08. The molecule has 0 bridgehead atoms.